The maximum absolute atomic E-state index is 13.7. The maximum Gasteiger partial charge on any atom is 0.416 e. The summed E-state index contributed by atoms with van der Waals surface area (Å²) in [6.07, 6.45) is -5.31. The first-order chi connectivity index (χ1) is 23.5. The molecule has 1 heterocycles. The van der Waals surface area contributed by atoms with Crippen LogP contribution in [0, 0.1) is 5.82 Å². The summed E-state index contributed by atoms with van der Waals surface area (Å²) >= 11 is 5.91. The van der Waals surface area contributed by atoms with Crippen molar-refractivity contribution in [3.05, 3.63) is 118 Å². The number of fused-ring (bicyclic) bond motifs is 1. The van der Waals surface area contributed by atoms with Crippen LogP contribution in [-0.2, 0) is 39.9 Å². The number of alkyl halides is 3. The van der Waals surface area contributed by atoms with Crippen LogP contribution in [0.1, 0.15) is 43.0 Å². The molecule has 2 atom stereocenters. The summed E-state index contributed by atoms with van der Waals surface area (Å²) in [5.74, 6) is -2.05. The summed E-state index contributed by atoms with van der Waals surface area (Å²) in [4.78, 5) is 40.6. The Hall–Kier alpha value is -5.10. The number of amides is 2. The second-order valence-electron chi connectivity index (χ2n) is 12.8. The van der Waals surface area contributed by atoms with Gasteiger partial charge in [0.15, 0.2) is 0 Å². The molecular weight excluding hydrogens is 680 g/mol. The third-order valence-corrected chi connectivity index (χ3v) is 8.21. The van der Waals surface area contributed by atoms with Gasteiger partial charge < -0.3 is 19.9 Å². The minimum atomic E-state index is -4.49. The lowest BCUT2D eigenvalue weighted by atomic mass is 9.93. The van der Waals surface area contributed by atoms with Gasteiger partial charge in [0.1, 0.15) is 35.0 Å². The molecule has 50 heavy (non-hydrogen) atoms. The topological polar surface area (TPSA) is 105 Å². The number of carbonyl (C=O) groups excluding carboxylic acids is 2. The van der Waals surface area contributed by atoms with Crippen LogP contribution in [0.4, 0.5) is 22.4 Å². The SMILES string of the molecule is CC(C)(C)OC(=O)N1Cc2cc(Oc3ccc(C(F)(F)F)cc3)ccc2C[C@H]1C(=O)N[C@@H](Cc1ccc(-c2ccc(F)c(Cl)c2)cc1)C(=O)O. The average molecular weight is 713 g/mol. The highest BCUT2D eigenvalue weighted by Crippen LogP contribution is 2.34. The highest BCUT2D eigenvalue weighted by atomic mass is 35.5. The van der Waals surface area contributed by atoms with Crippen LogP contribution in [0.2, 0.25) is 5.02 Å². The van der Waals surface area contributed by atoms with Gasteiger partial charge >= 0.3 is 18.2 Å². The molecule has 1 aliphatic heterocycles. The van der Waals surface area contributed by atoms with E-state index in [0.29, 0.717) is 28.0 Å². The molecule has 0 unspecified atom stereocenters. The van der Waals surface area contributed by atoms with Crippen LogP contribution in [0.5, 0.6) is 11.5 Å². The first-order valence-electron chi connectivity index (χ1n) is 15.5. The van der Waals surface area contributed by atoms with Crippen molar-refractivity contribution in [3.63, 3.8) is 0 Å². The molecule has 0 saturated carbocycles. The molecule has 0 fully saturated rings. The van der Waals surface area contributed by atoms with E-state index in [4.69, 9.17) is 21.1 Å². The van der Waals surface area contributed by atoms with Gasteiger partial charge in [-0.3, -0.25) is 9.69 Å². The van der Waals surface area contributed by atoms with E-state index in [9.17, 15) is 37.1 Å². The summed E-state index contributed by atoms with van der Waals surface area (Å²) in [6, 6.07) is 17.8. The molecule has 1 aliphatic rings. The van der Waals surface area contributed by atoms with E-state index in [1.165, 1.54) is 29.2 Å². The first-order valence-corrected chi connectivity index (χ1v) is 15.9. The zero-order valence-corrected chi connectivity index (χ0v) is 27.9. The van der Waals surface area contributed by atoms with Crippen LogP contribution >= 0.6 is 11.6 Å². The van der Waals surface area contributed by atoms with Crippen molar-refractivity contribution in [2.24, 2.45) is 0 Å². The van der Waals surface area contributed by atoms with Gasteiger partial charge in [0.25, 0.3) is 0 Å². The van der Waals surface area contributed by atoms with Crippen molar-refractivity contribution in [2.75, 3.05) is 0 Å². The zero-order valence-electron chi connectivity index (χ0n) is 27.2. The molecule has 8 nitrogen and oxygen atoms in total. The molecule has 5 rings (SSSR count). The third-order valence-electron chi connectivity index (χ3n) is 7.92. The lowest BCUT2D eigenvalue weighted by molar-refractivity contribution is -0.142. The Morgan fingerprint density at radius 1 is 0.900 bits per heavy atom. The summed E-state index contributed by atoms with van der Waals surface area (Å²) < 4.78 is 63.9. The lowest BCUT2D eigenvalue weighted by Crippen LogP contribution is -2.56. The Balaban J connectivity index is 1.33. The number of carboxylic acids is 1. The second kappa shape index (κ2) is 14.4. The molecular formula is C37H33ClF4N2O6. The van der Waals surface area contributed by atoms with E-state index >= 15 is 0 Å². The number of benzene rings is 4. The molecule has 0 bridgehead atoms. The van der Waals surface area contributed by atoms with E-state index in [-0.39, 0.29) is 30.2 Å². The molecule has 4 aromatic carbocycles. The summed E-state index contributed by atoms with van der Waals surface area (Å²) in [7, 11) is 0. The highest BCUT2D eigenvalue weighted by Gasteiger charge is 2.38. The minimum absolute atomic E-state index is 0.0297. The number of nitrogens with one attached hydrogen (secondary N) is 1. The number of carboxylic acid groups (broad SMARTS) is 1. The van der Waals surface area contributed by atoms with Crippen LogP contribution in [0.3, 0.4) is 0 Å². The Bertz CT molecular complexity index is 1890. The minimum Gasteiger partial charge on any atom is -0.480 e. The van der Waals surface area contributed by atoms with Gasteiger partial charge in [-0.2, -0.15) is 13.2 Å². The Morgan fingerprint density at radius 3 is 2.14 bits per heavy atom. The number of rotatable bonds is 8. The summed E-state index contributed by atoms with van der Waals surface area (Å²) in [5, 5.41) is 12.6. The second-order valence-corrected chi connectivity index (χ2v) is 13.2. The predicted molar refractivity (Wildman–Crippen MR) is 177 cm³/mol. The molecule has 4 aromatic rings. The Kier molecular flexibility index (Phi) is 10.4. The van der Waals surface area contributed by atoms with Gasteiger partial charge in [-0.25, -0.2) is 14.0 Å². The standard InChI is InChI=1S/C37H33ClF4N2O6/c1-36(2,3)50-35(48)44-20-25-17-28(49-27-13-10-26(11-14-27)37(40,41)42)12-8-24(25)19-32(44)33(45)43-31(34(46)47)16-21-4-6-22(7-5-21)23-9-15-30(39)29(38)18-23/h4-15,17-18,31-32H,16,19-20H2,1-3H3,(H,43,45)(H,46,47)/t31-,32-/m0/s1. The molecule has 0 radical (unpaired) electrons. The van der Waals surface area contributed by atoms with Gasteiger partial charge in [-0.15, -0.1) is 0 Å². The largest absolute Gasteiger partial charge is 0.480 e. The van der Waals surface area contributed by atoms with Crippen molar-refractivity contribution in [1.29, 1.82) is 0 Å². The fourth-order valence-electron chi connectivity index (χ4n) is 5.43. The van der Waals surface area contributed by atoms with Crippen molar-refractivity contribution in [1.82, 2.24) is 10.2 Å². The Labute approximate surface area is 290 Å². The van der Waals surface area contributed by atoms with Crippen molar-refractivity contribution < 1.29 is 46.5 Å². The molecule has 0 spiro atoms. The van der Waals surface area contributed by atoms with E-state index in [1.807, 2.05) is 0 Å². The van der Waals surface area contributed by atoms with Crippen LogP contribution in [0.25, 0.3) is 11.1 Å². The third kappa shape index (κ3) is 8.92. The lowest BCUT2D eigenvalue weighted by Gasteiger charge is -2.37. The van der Waals surface area contributed by atoms with E-state index in [0.717, 1.165) is 17.7 Å². The van der Waals surface area contributed by atoms with Gasteiger partial charge in [0.2, 0.25) is 5.91 Å². The molecule has 0 aliphatic carbocycles. The molecule has 0 saturated heterocycles. The summed E-state index contributed by atoms with van der Waals surface area (Å²) in [6.45, 7) is 4.93. The van der Waals surface area contributed by atoms with E-state index < -0.39 is 53.2 Å². The van der Waals surface area contributed by atoms with Crippen molar-refractivity contribution in [3.8, 4) is 22.6 Å². The van der Waals surface area contributed by atoms with Crippen molar-refractivity contribution >= 4 is 29.6 Å². The van der Waals surface area contributed by atoms with Gasteiger partial charge in [0, 0.05) is 12.8 Å². The fourth-order valence-corrected chi connectivity index (χ4v) is 5.61. The van der Waals surface area contributed by atoms with Gasteiger partial charge in [-0.1, -0.05) is 48.0 Å². The van der Waals surface area contributed by atoms with Crippen LogP contribution in [0.15, 0.2) is 84.9 Å². The number of ether oxygens (including phenoxy) is 2. The quantitative estimate of drug-likeness (QED) is 0.178. The van der Waals surface area contributed by atoms with Gasteiger partial charge in [-0.05, 0) is 97.1 Å². The smallest absolute Gasteiger partial charge is 0.416 e. The number of halogens is 5. The van der Waals surface area contributed by atoms with Gasteiger partial charge in [0.05, 0.1) is 17.1 Å². The number of carbonyl (C=O) groups is 3. The Morgan fingerprint density at radius 2 is 1.54 bits per heavy atom. The van der Waals surface area contributed by atoms with E-state index in [2.05, 4.69) is 5.32 Å². The zero-order chi connectivity index (χ0) is 36.4. The highest BCUT2D eigenvalue weighted by molar-refractivity contribution is 6.31. The van der Waals surface area contributed by atoms with Crippen LogP contribution < -0.4 is 10.1 Å². The maximum atomic E-state index is 13.7. The number of aliphatic carboxylic acids is 1. The average Bonchev–Trinajstić information content (AvgIpc) is 3.04. The number of hydrogen-bond acceptors (Lipinski definition) is 5. The molecule has 2 amide bonds. The summed E-state index contributed by atoms with van der Waals surface area (Å²) in [5.41, 5.74) is 1.59. The first kappa shape index (κ1) is 36.2. The monoisotopic (exact) mass is 712 g/mol. The fraction of sp³-hybridized carbons (Fsp3) is 0.270. The predicted octanol–water partition coefficient (Wildman–Crippen LogP) is 8.43. The number of nitrogens with zero attached hydrogens (tertiary/aromatic N) is 1. The molecule has 262 valence electrons. The normalized spacial score (nSPS) is 15.1. The molecule has 13 heteroatoms. The molecule has 0 aromatic heterocycles. The molecule has 2 N–H and O–H groups in total. The number of hydrogen-bond donors (Lipinski definition) is 2. The van der Waals surface area contributed by atoms with Crippen molar-refractivity contribution in [2.45, 2.75) is 64.0 Å². The van der Waals surface area contributed by atoms with E-state index in [1.54, 1.807) is 69.3 Å². The van der Waals surface area contributed by atoms with Crippen LogP contribution in [-0.4, -0.2) is 45.7 Å².